The van der Waals surface area contributed by atoms with Crippen LogP contribution < -0.4 is 10.6 Å². The molecular weight excluding hydrogens is 324 g/mol. The van der Waals surface area contributed by atoms with Gasteiger partial charge in [-0.3, -0.25) is 14.5 Å². The molecule has 0 unspecified atom stereocenters. The lowest BCUT2D eigenvalue weighted by Crippen LogP contribution is -2.39. The molecule has 1 aromatic heterocycles. The first-order valence-corrected chi connectivity index (χ1v) is 9.04. The minimum atomic E-state index is -0.123. The first-order valence-electron chi connectivity index (χ1n) is 8.23. The molecule has 7 heteroatoms. The Balaban J connectivity index is 1.82. The number of thiophene rings is 1. The second kappa shape index (κ2) is 8.27. The van der Waals surface area contributed by atoms with E-state index in [1.807, 2.05) is 25.8 Å². The zero-order valence-electron chi connectivity index (χ0n) is 14.4. The predicted molar refractivity (Wildman–Crippen MR) is 95.1 cm³/mol. The number of likely N-dealkylation sites (N-methyl/N-ethyl adjacent to an activating group) is 1. The van der Waals surface area contributed by atoms with Gasteiger partial charge in [0.05, 0.1) is 12.1 Å². The van der Waals surface area contributed by atoms with Gasteiger partial charge in [0, 0.05) is 23.9 Å². The van der Waals surface area contributed by atoms with Crippen LogP contribution in [0.1, 0.15) is 42.7 Å². The fraction of sp³-hybridized carbons (Fsp3) is 0.588. The maximum Gasteiger partial charge on any atom is 0.234 e. The molecule has 2 amide bonds. The first-order chi connectivity index (χ1) is 11.4. The average Bonchev–Trinajstić information content (AvgIpc) is 3.04. The number of fused-ring (bicyclic) bond motifs is 1. The number of carbonyl (C=O) groups excluding carboxylic acids is 2. The van der Waals surface area contributed by atoms with Crippen LogP contribution >= 0.6 is 11.3 Å². The molecule has 0 spiro atoms. The molecule has 1 aliphatic carbocycles. The van der Waals surface area contributed by atoms with Crippen molar-refractivity contribution in [2.75, 3.05) is 25.5 Å². The summed E-state index contributed by atoms with van der Waals surface area (Å²) in [6, 6.07) is 2.33. The third kappa shape index (κ3) is 4.79. The van der Waals surface area contributed by atoms with Gasteiger partial charge in [-0.15, -0.1) is 11.3 Å². The number of rotatable bonds is 7. The zero-order chi connectivity index (χ0) is 17.7. The van der Waals surface area contributed by atoms with E-state index in [1.165, 1.54) is 16.2 Å². The normalized spacial score (nSPS) is 13.0. The van der Waals surface area contributed by atoms with E-state index in [2.05, 4.69) is 16.7 Å². The van der Waals surface area contributed by atoms with Crippen LogP contribution in [0.25, 0.3) is 0 Å². The van der Waals surface area contributed by atoms with Crippen LogP contribution in [0.15, 0.2) is 0 Å². The highest BCUT2D eigenvalue weighted by molar-refractivity contribution is 7.16. The van der Waals surface area contributed by atoms with Gasteiger partial charge in [-0.1, -0.05) is 0 Å². The molecule has 1 heterocycles. The predicted octanol–water partition coefficient (Wildman–Crippen LogP) is 1.89. The SMILES string of the molecule is CC(C)NC(=O)CN(C)CCC(=O)Nc1sc2c(c1C#N)CCC2. The molecule has 0 saturated carbocycles. The Hall–Kier alpha value is -1.91. The summed E-state index contributed by atoms with van der Waals surface area (Å²) in [5, 5.41) is 15.7. The standard InChI is InChI=1S/C17H24N4O2S/c1-11(2)19-16(23)10-21(3)8-7-15(22)20-17-13(9-18)12-5-4-6-14(12)24-17/h11H,4-8,10H2,1-3H3,(H,19,23)(H,20,22). The van der Waals surface area contributed by atoms with Crippen LogP contribution in [0, 0.1) is 11.3 Å². The van der Waals surface area contributed by atoms with Crippen molar-refractivity contribution in [3.63, 3.8) is 0 Å². The third-order valence-corrected chi connectivity index (χ3v) is 5.08. The summed E-state index contributed by atoms with van der Waals surface area (Å²) >= 11 is 1.52. The molecule has 1 aliphatic rings. The van der Waals surface area contributed by atoms with Crippen molar-refractivity contribution in [2.45, 2.75) is 45.6 Å². The van der Waals surface area contributed by atoms with Crippen molar-refractivity contribution >= 4 is 28.2 Å². The Morgan fingerprint density at radius 3 is 2.75 bits per heavy atom. The maximum absolute atomic E-state index is 12.1. The van der Waals surface area contributed by atoms with Gasteiger partial charge < -0.3 is 10.6 Å². The van der Waals surface area contributed by atoms with Crippen LogP contribution in [0.3, 0.4) is 0 Å². The van der Waals surface area contributed by atoms with Crippen molar-refractivity contribution in [1.29, 1.82) is 5.26 Å². The molecule has 0 bridgehead atoms. The van der Waals surface area contributed by atoms with E-state index in [-0.39, 0.29) is 24.4 Å². The number of anilines is 1. The summed E-state index contributed by atoms with van der Waals surface area (Å²) in [6.45, 7) is 4.58. The smallest absolute Gasteiger partial charge is 0.234 e. The molecule has 0 radical (unpaired) electrons. The second-order valence-electron chi connectivity index (χ2n) is 6.43. The number of nitrogens with zero attached hydrogens (tertiary/aromatic N) is 2. The highest BCUT2D eigenvalue weighted by atomic mass is 32.1. The average molecular weight is 348 g/mol. The first kappa shape index (κ1) is 18.4. The number of nitriles is 1. The van der Waals surface area contributed by atoms with Crippen molar-refractivity contribution < 1.29 is 9.59 Å². The molecule has 2 N–H and O–H groups in total. The number of hydrogen-bond donors (Lipinski definition) is 2. The summed E-state index contributed by atoms with van der Waals surface area (Å²) < 4.78 is 0. The van der Waals surface area contributed by atoms with Crippen molar-refractivity contribution in [1.82, 2.24) is 10.2 Å². The van der Waals surface area contributed by atoms with Crippen LogP contribution in [-0.2, 0) is 22.4 Å². The fourth-order valence-corrected chi connectivity index (χ4v) is 4.04. The molecule has 1 aromatic rings. The van der Waals surface area contributed by atoms with Gasteiger partial charge in [-0.25, -0.2) is 0 Å². The lowest BCUT2D eigenvalue weighted by molar-refractivity contribution is -0.123. The van der Waals surface area contributed by atoms with E-state index in [9.17, 15) is 14.9 Å². The number of aryl methyl sites for hydroxylation is 1. The van der Waals surface area contributed by atoms with Crippen molar-refractivity contribution in [3.8, 4) is 6.07 Å². The molecule has 0 fully saturated rings. The zero-order valence-corrected chi connectivity index (χ0v) is 15.3. The molecular formula is C17H24N4O2S. The van der Waals surface area contributed by atoms with Gasteiger partial charge >= 0.3 is 0 Å². The summed E-state index contributed by atoms with van der Waals surface area (Å²) in [7, 11) is 1.81. The lowest BCUT2D eigenvalue weighted by atomic mass is 10.1. The Morgan fingerprint density at radius 2 is 2.08 bits per heavy atom. The molecule has 2 rings (SSSR count). The van der Waals surface area contributed by atoms with Crippen molar-refractivity contribution in [3.05, 3.63) is 16.0 Å². The van der Waals surface area contributed by atoms with Crippen LogP contribution in [0.2, 0.25) is 0 Å². The Bertz CT molecular complexity index is 660. The van der Waals surface area contributed by atoms with E-state index in [0.717, 1.165) is 24.8 Å². The molecule has 0 aliphatic heterocycles. The van der Waals surface area contributed by atoms with E-state index in [0.29, 0.717) is 23.5 Å². The molecule has 0 saturated heterocycles. The van der Waals surface area contributed by atoms with Crippen LogP contribution in [-0.4, -0.2) is 42.9 Å². The molecule has 0 atom stereocenters. The maximum atomic E-state index is 12.1. The minimum Gasteiger partial charge on any atom is -0.353 e. The van der Waals surface area contributed by atoms with Gasteiger partial charge in [-0.2, -0.15) is 5.26 Å². The monoisotopic (exact) mass is 348 g/mol. The van der Waals surface area contributed by atoms with E-state index in [1.54, 1.807) is 0 Å². The number of nitrogens with one attached hydrogen (secondary N) is 2. The molecule has 0 aromatic carbocycles. The third-order valence-electron chi connectivity index (χ3n) is 3.87. The number of amides is 2. The van der Waals surface area contributed by atoms with Crippen LogP contribution in [0.4, 0.5) is 5.00 Å². The van der Waals surface area contributed by atoms with Crippen LogP contribution in [0.5, 0.6) is 0 Å². The van der Waals surface area contributed by atoms with Gasteiger partial charge in [-0.05, 0) is 45.7 Å². The molecule has 130 valence electrons. The van der Waals surface area contributed by atoms with E-state index < -0.39 is 0 Å². The van der Waals surface area contributed by atoms with Crippen molar-refractivity contribution in [2.24, 2.45) is 0 Å². The molecule has 24 heavy (non-hydrogen) atoms. The summed E-state index contributed by atoms with van der Waals surface area (Å²) in [5.74, 6) is -0.170. The fourth-order valence-electron chi connectivity index (χ4n) is 2.78. The number of carbonyl (C=O) groups is 2. The van der Waals surface area contributed by atoms with Gasteiger partial charge in [0.25, 0.3) is 0 Å². The largest absolute Gasteiger partial charge is 0.353 e. The summed E-state index contributed by atoms with van der Waals surface area (Å²) in [5.41, 5.74) is 1.74. The van der Waals surface area contributed by atoms with Gasteiger partial charge in [0.2, 0.25) is 11.8 Å². The number of hydrogen-bond acceptors (Lipinski definition) is 5. The van der Waals surface area contributed by atoms with E-state index >= 15 is 0 Å². The second-order valence-corrected chi connectivity index (χ2v) is 7.54. The Labute approximate surface area is 146 Å². The highest BCUT2D eigenvalue weighted by Crippen LogP contribution is 2.38. The Kier molecular flexibility index (Phi) is 6.35. The quantitative estimate of drug-likeness (QED) is 0.788. The van der Waals surface area contributed by atoms with E-state index in [4.69, 9.17) is 0 Å². The summed E-state index contributed by atoms with van der Waals surface area (Å²) in [4.78, 5) is 26.9. The Morgan fingerprint density at radius 1 is 1.33 bits per heavy atom. The topological polar surface area (TPSA) is 85.2 Å². The minimum absolute atomic E-state index is 0.0469. The van der Waals surface area contributed by atoms with Gasteiger partial charge in [0.15, 0.2) is 0 Å². The van der Waals surface area contributed by atoms with Gasteiger partial charge in [0.1, 0.15) is 11.1 Å². The summed E-state index contributed by atoms with van der Waals surface area (Å²) in [6.07, 6.45) is 3.31. The lowest BCUT2D eigenvalue weighted by Gasteiger charge is -2.17. The molecule has 6 nitrogen and oxygen atoms in total. The highest BCUT2D eigenvalue weighted by Gasteiger charge is 2.23.